The van der Waals surface area contributed by atoms with Crippen molar-refractivity contribution in [2.75, 3.05) is 5.73 Å². The number of halogens is 1. The molecular formula is C16H15ClN4. The minimum Gasteiger partial charge on any atom is -0.383 e. The molecule has 0 spiro atoms. The fourth-order valence-electron chi connectivity index (χ4n) is 2.36. The molecule has 0 amide bonds. The van der Waals surface area contributed by atoms with Gasteiger partial charge in [-0.05, 0) is 36.8 Å². The number of aryl methyl sites for hydroxylation is 2. The van der Waals surface area contributed by atoms with Crippen LogP contribution >= 0.6 is 11.6 Å². The van der Waals surface area contributed by atoms with Gasteiger partial charge in [0.25, 0.3) is 0 Å². The van der Waals surface area contributed by atoms with E-state index in [4.69, 9.17) is 17.3 Å². The van der Waals surface area contributed by atoms with Crippen molar-refractivity contribution in [1.82, 2.24) is 14.8 Å². The third kappa shape index (κ3) is 2.50. The maximum atomic E-state index is 6.20. The van der Waals surface area contributed by atoms with Gasteiger partial charge in [-0.2, -0.15) is 5.10 Å². The molecule has 2 heterocycles. The summed E-state index contributed by atoms with van der Waals surface area (Å²) >= 11 is 6.10. The van der Waals surface area contributed by atoms with Crippen molar-refractivity contribution in [3.63, 3.8) is 0 Å². The molecule has 0 aliphatic rings. The van der Waals surface area contributed by atoms with Gasteiger partial charge >= 0.3 is 0 Å². The first-order chi connectivity index (χ1) is 10.1. The van der Waals surface area contributed by atoms with Gasteiger partial charge in [0.1, 0.15) is 11.5 Å². The van der Waals surface area contributed by atoms with Crippen LogP contribution in [-0.4, -0.2) is 14.8 Å². The maximum Gasteiger partial charge on any atom is 0.129 e. The van der Waals surface area contributed by atoms with E-state index in [9.17, 15) is 0 Å². The second-order valence-electron chi connectivity index (χ2n) is 4.93. The summed E-state index contributed by atoms with van der Waals surface area (Å²) in [6, 6.07) is 11.6. The fraction of sp³-hybridized carbons (Fsp3) is 0.125. The molecule has 1 aromatic carbocycles. The Morgan fingerprint density at radius 3 is 2.67 bits per heavy atom. The van der Waals surface area contributed by atoms with E-state index in [1.807, 2.05) is 50.4 Å². The third-order valence-corrected chi connectivity index (χ3v) is 3.61. The van der Waals surface area contributed by atoms with Gasteiger partial charge in [0.15, 0.2) is 0 Å². The van der Waals surface area contributed by atoms with Crippen LogP contribution in [0.4, 0.5) is 5.82 Å². The molecule has 4 nitrogen and oxygen atoms in total. The minimum absolute atomic E-state index is 0.613. The molecular weight excluding hydrogens is 284 g/mol. The average molecular weight is 299 g/mol. The number of aromatic nitrogens is 3. The zero-order valence-electron chi connectivity index (χ0n) is 11.8. The highest BCUT2D eigenvalue weighted by Crippen LogP contribution is 2.36. The van der Waals surface area contributed by atoms with Crippen molar-refractivity contribution >= 4 is 17.4 Å². The molecule has 5 heteroatoms. The Hall–Kier alpha value is -2.33. The van der Waals surface area contributed by atoms with E-state index in [2.05, 4.69) is 10.1 Å². The fourth-order valence-corrected chi connectivity index (χ4v) is 2.55. The van der Waals surface area contributed by atoms with Crippen LogP contribution in [-0.2, 0) is 7.05 Å². The number of nitrogen functional groups attached to an aromatic ring is 1. The van der Waals surface area contributed by atoms with E-state index in [0.717, 1.165) is 28.1 Å². The molecule has 0 atom stereocenters. The lowest BCUT2D eigenvalue weighted by Crippen LogP contribution is -1.97. The first-order valence-corrected chi connectivity index (χ1v) is 6.95. The summed E-state index contributed by atoms with van der Waals surface area (Å²) in [5.41, 5.74) is 10.8. The standard InChI is InChI=1S/C16H15ClN4/c1-10-8-12(6-7-19-10)15-14(16(18)21(2)20-15)11-4-3-5-13(17)9-11/h3-9H,18H2,1-2H3. The van der Waals surface area contributed by atoms with Crippen LogP contribution < -0.4 is 5.73 Å². The number of hydrogen-bond acceptors (Lipinski definition) is 3. The van der Waals surface area contributed by atoms with Gasteiger partial charge in [-0.1, -0.05) is 23.7 Å². The van der Waals surface area contributed by atoms with Gasteiger partial charge in [0.05, 0.1) is 5.56 Å². The highest BCUT2D eigenvalue weighted by atomic mass is 35.5. The zero-order valence-corrected chi connectivity index (χ0v) is 12.6. The lowest BCUT2D eigenvalue weighted by Gasteiger charge is -2.05. The lowest BCUT2D eigenvalue weighted by atomic mass is 10.0. The Labute approximate surface area is 128 Å². The van der Waals surface area contributed by atoms with Crippen LogP contribution in [0.2, 0.25) is 5.02 Å². The summed E-state index contributed by atoms with van der Waals surface area (Å²) in [6.07, 6.45) is 1.78. The Kier molecular flexibility index (Phi) is 3.39. The molecule has 106 valence electrons. The Morgan fingerprint density at radius 1 is 1.14 bits per heavy atom. The van der Waals surface area contributed by atoms with Crippen molar-refractivity contribution in [2.45, 2.75) is 6.92 Å². The van der Waals surface area contributed by atoms with Crippen molar-refractivity contribution in [3.05, 3.63) is 53.3 Å². The van der Waals surface area contributed by atoms with Crippen LogP contribution in [0.15, 0.2) is 42.6 Å². The zero-order chi connectivity index (χ0) is 15.0. The van der Waals surface area contributed by atoms with Crippen molar-refractivity contribution in [3.8, 4) is 22.4 Å². The van der Waals surface area contributed by atoms with Gasteiger partial charge in [-0.15, -0.1) is 0 Å². The van der Waals surface area contributed by atoms with E-state index in [1.165, 1.54) is 0 Å². The highest BCUT2D eigenvalue weighted by molar-refractivity contribution is 6.30. The number of rotatable bonds is 2. The van der Waals surface area contributed by atoms with Crippen LogP contribution in [0.25, 0.3) is 22.4 Å². The van der Waals surface area contributed by atoms with Crippen LogP contribution in [0.1, 0.15) is 5.69 Å². The van der Waals surface area contributed by atoms with E-state index in [-0.39, 0.29) is 0 Å². The van der Waals surface area contributed by atoms with E-state index >= 15 is 0 Å². The summed E-state index contributed by atoms with van der Waals surface area (Å²) < 4.78 is 1.68. The first kappa shape index (κ1) is 13.6. The molecule has 0 saturated carbocycles. The average Bonchev–Trinajstić information content (AvgIpc) is 2.75. The Balaban J connectivity index is 2.25. The molecule has 2 N–H and O–H groups in total. The number of benzene rings is 1. The molecule has 2 aromatic heterocycles. The Morgan fingerprint density at radius 2 is 1.95 bits per heavy atom. The summed E-state index contributed by atoms with van der Waals surface area (Å²) in [6.45, 7) is 1.95. The van der Waals surface area contributed by atoms with Gasteiger partial charge in [0, 0.05) is 29.5 Å². The molecule has 0 fully saturated rings. The van der Waals surface area contributed by atoms with Gasteiger partial charge < -0.3 is 5.73 Å². The topological polar surface area (TPSA) is 56.7 Å². The molecule has 0 aliphatic heterocycles. The molecule has 3 aromatic rings. The van der Waals surface area contributed by atoms with Crippen LogP contribution in [0, 0.1) is 6.92 Å². The summed E-state index contributed by atoms with van der Waals surface area (Å²) in [7, 11) is 1.83. The quantitative estimate of drug-likeness (QED) is 0.785. The van der Waals surface area contributed by atoms with E-state index in [1.54, 1.807) is 10.9 Å². The molecule has 0 aliphatic carbocycles. The largest absolute Gasteiger partial charge is 0.383 e. The second kappa shape index (κ2) is 5.22. The predicted molar refractivity (Wildman–Crippen MR) is 86.0 cm³/mol. The molecule has 0 saturated heterocycles. The SMILES string of the molecule is Cc1cc(-c2nn(C)c(N)c2-c2cccc(Cl)c2)ccn1. The number of anilines is 1. The smallest absolute Gasteiger partial charge is 0.129 e. The van der Waals surface area contributed by atoms with Crippen molar-refractivity contribution in [2.24, 2.45) is 7.05 Å². The van der Waals surface area contributed by atoms with Crippen LogP contribution in [0.3, 0.4) is 0 Å². The number of nitrogens with two attached hydrogens (primary N) is 1. The molecule has 0 bridgehead atoms. The second-order valence-corrected chi connectivity index (χ2v) is 5.37. The number of pyridine rings is 1. The van der Waals surface area contributed by atoms with Crippen molar-refractivity contribution in [1.29, 1.82) is 0 Å². The third-order valence-electron chi connectivity index (χ3n) is 3.37. The van der Waals surface area contributed by atoms with Crippen molar-refractivity contribution < 1.29 is 0 Å². The van der Waals surface area contributed by atoms with E-state index in [0.29, 0.717) is 10.8 Å². The first-order valence-electron chi connectivity index (χ1n) is 6.57. The lowest BCUT2D eigenvalue weighted by molar-refractivity contribution is 0.782. The number of hydrogen-bond donors (Lipinski definition) is 1. The van der Waals surface area contributed by atoms with Crippen LogP contribution in [0.5, 0.6) is 0 Å². The summed E-state index contributed by atoms with van der Waals surface area (Å²) in [5, 5.41) is 5.22. The van der Waals surface area contributed by atoms with E-state index < -0.39 is 0 Å². The Bertz CT molecular complexity index is 808. The molecule has 0 radical (unpaired) electrons. The summed E-state index contributed by atoms with van der Waals surface area (Å²) in [4.78, 5) is 4.22. The molecule has 3 rings (SSSR count). The van der Waals surface area contributed by atoms with Gasteiger partial charge in [-0.3, -0.25) is 9.67 Å². The normalized spacial score (nSPS) is 10.8. The number of nitrogens with zero attached hydrogens (tertiary/aromatic N) is 3. The molecule has 0 unspecified atom stereocenters. The molecule has 21 heavy (non-hydrogen) atoms. The van der Waals surface area contributed by atoms with Gasteiger partial charge in [0.2, 0.25) is 0 Å². The monoisotopic (exact) mass is 298 g/mol. The summed E-state index contributed by atoms with van der Waals surface area (Å²) in [5.74, 6) is 0.613. The minimum atomic E-state index is 0.613. The maximum absolute atomic E-state index is 6.20. The predicted octanol–water partition coefficient (Wildman–Crippen LogP) is 3.69. The van der Waals surface area contributed by atoms with Gasteiger partial charge in [-0.25, -0.2) is 0 Å². The highest BCUT2D eigenvalue weighted by Gasteiger charge is 2.17.